The molecule has 0 aliphatic rings. The van der Waals surface area contributed by atoms with E-state index in [0.717, 1.165) is 5.56 Å². The average molecular weight is 309 g/mol. The van der Waals surface area contributed by atoms with E-state index in [0.29, 0.717) is 22.5 Å². The van der Waals surface area contributed by atoms with Gasteiger partial charge in [0.25, 0.3) is 0 Å². The van der Waals surface area contributed by atoms with Crippen molar-refractivity contribution in [2.75, 3.05) is 7.11 Å². The molecule has 0 amide bonds. The Morgan fingerprint density at radius 2 is 1.70 bits per heavy atom. The summed E-state index contributed by atoms with van der Waals surface area (Å²) in [5.41, 5.74) is 2.46. The molecule has 2 rings (SSSR count). The van der Waals surface area contributed by atoms with Gasteiger partial charge in [-0.3, -0.25) is 4.79 Å². The fourth-order valence-electron chi connectivity index (χ4n) is 2.42. The van der Waals surface area contributed by atoms with Gasteiger partial charge in [0.2, 0.25) is 0 Å². The molecule has 0 atom stereocenters. The molecule has 0 radical (unpaired) electrons. The SMILES string of the molecule is COc1ccc(C(C(C)=O)=C(C)c2ccc(C#N)c(F)c2)cc1. The highest BCUT2D eigenvalue weighted by atomic mass is 19.1. The Balaban J connectivity index is 2.57. The van der Waals surface area contributed by atoms with Gasteiger partial charge in [-0.05, 0) is 54.8 Å². The van der Waals surface area contributed by atoms with Crippen LogP contribution in [0, 0.1) is 17.1 Å². The van der Waals surface area contributed by atoms with E-state index in [1.807, 2.05) is 0 Å². The number of nitrogens with zero attached hydrogens (tertiary/aromatic N) is 1. The number of rotatable bonds is 4. The fraction of sp³-hybridized carbons (Fsp3) is 0.158. The van der Waals surface area contributed by atoms with Crippen LogP contribution in [0.3, 0.4) is 0 Å². The number of allylic oxidation sites excluding steroid dienone is 2. The molecule has 0 saturated carbocycles. The van der Waals surface area contributed by atoms with Crippen molar-refractivity contribution in [2.24, 2.45) is 0 Å². The Morgan fingerprint density at radius 1 is 1.09 bits per heavy atom. The molecule has 0 N–H and O–H groups in total. The number of nitriles is 1. The van der Waals surface area contributed by atoms with Crippen molar-refractivity contribution in [3.05, 3.63) is 65.0 Å². The second-order valence-electron chi connectivity index (χ2n) is 5.09. The van der Waals surface area contributed by atoms with Gasteiger partial charge in [0.1, 0.15) is 17.6 Å². The van der Waals surface area contributed by atoms with E-state index in [2.05, 4.69) is 0 Å². The Hall–Kier alpha value is -2.93. The van der Waals surface area contributed by atoms with Crippen LogP contribution in [0.4, 0.5) is 4.39 Å². The van der Waals surface area contributed by atoms with E-state index in [1.54, 1.807) is 50.4 Å². The van der Waals surface area contributed by atoms with Gasteiger partial charge in [-0.2, -0.15) is 5.26 Å². The van der Waals surface area contributed by atoms with E-state index >= 15 is 0 Å². The molecule has 116 valence electrons. The second-order valence-corrected chi connectivity index (χ2v) is 5.09. The zero-order valence-corrected chi connectivity index (χ0v) is 13.2. The largest absolute Gasteiger partial charge is 0.497 e. The van der Waals surface area contributed by atoms with Crippen LogP contribution < -0.4 is 4.74 Å². The van der Waals surface area contributed by atoms with Crippen LogP contribution in [0.1, 0.15) is 30.5 Å². The summed E-state index contributed by atoms with van der Waals surface area (Å²) in [4.78, 5) is 12.1. The van der Waals surface area contributed by atoms with E-state index in [-0.39, 0.29) is 11.3 Å². The van der Waals surface area contributed by atoms with Gasteiger partial charge in [-0.25, -0.2) is 4.39 Å². The Bertz CT molecular complexity index is 814. The molecular formula is C19H16FNO2. The Kier molecular flexibility index (Phi) is 4.92. The molecule has 0 aromatic heterocycles. The average Bonchev–Trinajstić information content (AvgIpc) is 2.55. The number of ether oxygens (including phenoxy) is 1. The first-order valence-electron chi connectivity index (χ1n) is 7.04. The normalized spacial score (nSPS) is 11.4. The standard InChI is InChI=1S/C19H16FNO2/c1-12(15-4-5-16(11-21)18(20)10-15)19(13(2)22)14-6-8-17(23-3)9-7-14/h4-10H,1-3H3. The van der Waals surface area contributed by atoms with E-state index in [1.165, 1.54) is 19.1 Å². The molecule has 2 aromatic carbocycles. The number of benzene rings is 2. The summed E-state index contributed by atoms with van der Waals surface area (Å²) in [5.74, 6) is -0.0156. The molecule has 3 nitrogen and oxygen atoms in total. The molecule has 0 bridgehead atoms. The van der Waals surface area contributed by atoms with Crippen molar-refractivity contribution < 1.29 is 13.9 Å². The number of hydrogen-bond acceptors (Lipinski definition) is 3. The van der Waals surface area contributed by atoms with Crippen LogP contribution in [-0.2, 0) is 4.79 Å². The Morgan fingerprint density at radius 3 is 2.17 bits per heavy atom. The summed E-state index contributed by atoms with van der Waals surface area (Å²) in [6, 6.07) is 13.2. The second kappa shape index (κ2) is 6.89. The van der Waals surface area contributed by atoms with Gasteiger partial charge in [0.05, 0.1) is 12.7 Å². The highest BCUT2D eigenvalue weighted by Gasteiger charge is 2.14. The van der Waals surface area contributed by atoms with Crippen LogP contribution in [0.5, 0.6) is 5.75 Å². The van der Waals surface area contributed by atoms with Gasteiger partial charge < -0.3 is 4.74 Å². The quantitative estimate of drug-likeness (QED) is 0.627. The lowest BCUT2D eigenvalue weighted by atomic mass is 9.93. The number of methoxy groups -OCH3 is 1. The zero-order chi connectivity index (χ0) is 17.0. The van der Waals surface area contributed by atoms with Crippen molar-refractivity contribution in [1.82, 2.24) is 0 Å². The summed E-state index contributed by atoms with van der Waals surface area (Å²) in [6.07, 6.45) is 0. The van der Waals surface area contributed by atoms with Crippen molar-refractivity contribution in [3.63, 3.8) is 0 Å². The molecule has 23 heavy (non-hydrogen) atoms. The number of hydrogen-bond donors (Lipinski definition) is 0. The lowest BCUT2D eigenvalue weighted by Gasteiger charge is -2.11. The number of Topliss-reactive ketones (excluding diaryl/α,β-unsaturated/α-hetero) is 1. The summed E-state index contributed by atoms with van der Waals surface area (Å²) < 4.78 is 18.9. The number of halogens is 1. The van der Waals surface area contributed by atoms with Gasteiger partial charge >= 0.3 is 0 Å². The molecule has 0 unspecified atom stereocenters. The summed E-state index contributed by atoms with van der Waals surface area (Å²) >= 11 is 0. The topological polar surface area (TPSA) is 50.1 Å². The highest BCUT2D eigenvalue weighted by molar-refractivity contribution is 6.26. The van der Waals surface area contributed by atoms with Crippen LogP contribution in [0.25, 0.3) is 11.1 Å². The van der Waals surface area contributed by atoms with Crippen molar-refractivity contribution >= 4 is 16.9 Å². The highest BCUT2D eigenvalue weighted by Crippen LogP contribution is 2.29. The first kappa shape index (κ1) is 16.4. The van der Waals surface area contributed by atoms with Crippen LogP contribution >= 0.6 is 0 Å². The number of carbonyl (C=O) groups excluding carboxylic acids is 1. The van der Waals surface area contributed by atoms with E-state index in [4.69, 9.17) is 10.00 Å². The van der Waals surface area contributed by atoms with Gasteiger partial charge in [0, 0.05) is 5.57 Å². The molecule has 0 heterocycles. The minimum absolute atomic E-state index is 0.0182. The number of carbonyl (C=O) groups is 1. The maximum Gasteiger partial charge on any atom is 0.160 e. The lowest BCUT2D eigenvalue weighted by Crippen LogP contribution is -2.00. The van der Waals surface area contributed by atoms with E-state index in [9.17, 15) is 9.18 Å². The summed E-state index contributed by atoms with van der Waals surface area (Å²) in [7, 11) is 1.57. The van der Waals surface area contributed by atoms with Crippen LogP contribution in [-0.4, -0.2) is 12.9 Å². The van der Waals surface area contributed by atoms with Gasteiger partial charge in [-0.15, -0.1) is 0 Å². The molecule has 0 saturated heterocycles. The molecule has 0 fully saturated rings. The Labute approximate surface area is 134 Å². The zero-order valence-electron chi connectivity index (χ0n) is 13.2. The summed E-state index contributed by atoms with van der Waals surface area (Å²) in [6.45, 7) is 3.24. The molecule has 2 aromatic rings. The fourth-order valence-corrected chi connectivity index (χ4v) is 2.42. The minimum Gasteiger partial charge on any atom is -0.497 e. The minimum atomic E-state index is -0.595. The van der Waals surface area contributed by atoms with Crippen molar-refractivity contribution in [3.8, 4) is 11.8 Å². The van der Waals surface area contributed by atoms with Crippen LogP contribution in [0.15, 0.2) is 42.5 Å². The maximum absolute atomic E-state index is 13.8. The van der Waals surface area contributed by atoms with Crippen molar-refractivity contribution in [2.45, 2.75) is 13.8 Å². The van der Waals surface area contributed by atoms with Crippen LogP contribution in [0.2, 0.25) is 0 Å². The van der Waals surface area contributed by atoms with Crippen molar-refractivity contribution in [1.29, 1.82) is 5.26 Å². The predicted molar refractivity (Wildman–Crippen MR) is 87.3 cm³/mol. The third kappa shape index (κ3) is 3.46. The van der Waals surface area contributed by atoms with Gasteiger partial charge in [0.15, 0.2) is 5.78 Å². The first-order chi connectivity index (χ1) is 11.0. The maximum atomic E-state index is 13.8. The monoisotopic (exact) mass is 309 g/mol. The smallest absolute Gasteiger partial charge is 0.160 e. The predicted octanol–water partition coefficient (Wildman–Crippen LogP) is 4.23. The van der Waals surface area contributed by atoms with Gasteiger partial charge in [-0.1, -0.05) is 18.2 Å². The summed E-state index contributed by atoms with van der Waals surface area (Å²) in [5, 5.41) is 8.80. The molecular weight excluding hydrogens is 293 g/mol. The number of ketones is 1. The molecule has 4 heteroatoms. The molecule has 0 spiro atoms. The third-order valence-corrected chi connectivity index (χ3v) is 3.63. The van der Waals surface area contributed by atoms with E-state index < -0.39 is 5.82 Å². The first-order valence-corrected chi connectivity index (χ1v) is 7.04. The lowest BCUT2D eigenvalue weighted by molar-refractivity contribution is -0.111. The third-order valence-electron chi connectivity index (χ3n) is 3.63. The molecule has 0 aliphatic heterocycles. The molecule has 0 aliphatic carbocycles.